The molecule has 0 saturated heterocycles. The van der Waals surface area contributed by atoms with Crippen molar-refractivity contribution in [3.8, 4) is 22.5 Å². The van der Waals surface area contributed by atoms with E-state index in [1.54, 1.807) is 0 Å². The van der Waals surface area contributed by atoms with E-state index < -0.39 is 5.97 Å². The predicted octanol–water partition coefficient (Wildman–Crippen LogP) is 3.42. The molecule has 1 unspecified atom stereocenters. The average Bonchev–Trinajstić information content (AvgIpc) is 3.38. The summed E-state index contributed by atoms with van der Waals surface area (Å²) in [5.74, 6) is 0.115. The first-order chi connectivity index (χ1) is 15.7. The van der Waals surface area contributed by atoms with E-state index in [1.165, 1.54) is 0 Å². The molecule has 1 fully saturated rings. The van der Waals surface area contributed by atoms with Crippen LogP contribution in [0, 0.1) is 5.92 Å². The third-order valence-electron chi connectivity index (χ3n) is 6.15. The van der Waals surface area contributed by atoms with Crippen LogP contribution < -0.4 is 5.43 Å². The van der Waals surface area contributed by atoms with Crippen LogP contribution in [0.2, 0.25) is 0 Å². The lowest BCUT2D eigenvalue weighted by atomic mass is 9.94. The molecule has 0 spiro atoms. The molecule has 32 heavy (non-hydrogen) atoms. The largest absolute Gasteiger partial charge is 0.478 e. The molecule has 1 aliphatic carbocycles. The molecule has 1 atom stereocenters. The molecule has 164 valence electrons. The second kappa shape index (κ2) is 8.55. The van der Waals surface area contributed by atoms with E-state index in [9.17, 15) is 9.90 Å². The molecule has 0 bridgehead atoms. The molecule has 8 nitrogen and oxygen atoms in total. The zero-order valence-electron chi connectivity index (χ0n) is 18.0. The fraction of sp³-hybridized carbons (Fsp3) is 0.333. The summed E-state index contributed by atoms with van der Waals surface area (Å²) in [7, 11) is 0. The Hall–Kier alpha value is -3.52. The summed E-state index contributed by atoms with van der Waals surface area (Å²) >= 11 is 0. The van der Waals surface area contributed by atoms with Crippen LogP contribution in [0.1, 0.15) is 31.7 Å². The fourth-order valence-electron chi connectivity index (χ4n) is 4.48. The normalized spacial score (nSPS) is 18.7. The number of aliphatic carboxylic acids is 1. The minimum absolute atomic E-state index is 0.166. The lowest BCUT2D eigenvalue weighted by Crippen LogP contribution is -2.41. The number of rotatable bonds is 8. The van der Waals surface area contributed by atoms with Gasteiger partial charge in [-0.15, -0.1) is 10.2 Å². The first-order valence-corrected chi connectivity index (χ1v) is 11.1. The summed E-state index contributed by atoms with van der Waals surface area (Å²) in [5, 5.41) is 26.5. The van der Waals surface area contributed by atoms with Gasteiger partial charge in [-0.05, 0) is 47.6 Å². The van der Waals surface area contributed by atoms with Crippen molar-refractivity contribution in [2.24, 2.45) is 5.92 Å². The van der Waals surface area contributed by atoms with E-state index >= 15 is 0 Å². The molecule has 2 aromatic carbocycles. The number of carboxylic acid groups (broad SMARTS) is 1. The Morgan fingerprint density at radius 3 is 2.50 bits per heavy atom. The summed E-state index contributed by atoms with van der Waals surface area (Å²) in [6.07, 6.45) is 3.75. The van der Waals surface area contributed by atoms with Crippen molar-refractivity contribution in [1.82, 2.24) is 31.1 Å². The van der Waals surface area contributed by atoms with Gasteiger partial charge in [-0.2, -0.15) is 5.21 Å². The number of allylic oxidation sites excluding steroid dienone is 1. The number of hydrogen-bond donors (Lipinski definition) is 3. The van der Waals surface area contributed by atoms with Crippen molar-refractivity contribution in [3.05, 3.63) is 65.4 Å². The predicted molar refractivity (Wildman–Crippen MR) is 120 cm³/mol. The van der Waals surface area contributed by atoms with Crippen LogP contribution in [0.25, 0.3) is 22.5 Å². The Balaban J connectivity index is 1.42. The second-order valence-corrected chi connectivity index (χ2v) is 8.41. The number of nitrogens with zero attached hydrogens (tertiary/aromatic N) is 4. The van der Waals surface area contributed by atoms with Crippen molar-refractivity contribution in [1.29, 1.82) is 0 Å². The Morgan fingerprint density at radius 2 is 1.88 bits per heavy atom. The number of hydrazine groups is 1. The van der Waals surface area contributed by atoms with Crippen molar-refractivity contribution in [2.45, 2.75) is 38.6 Å². The number of aromatic nitrogens is 4. The van der Waals surface area contributed by atoms with Crippen LogP contribution in [0.5, 0.6) is 0 Å². The third kappa shape index (κ3) is 3.89. The molecular weight excluding hydrogens is 404 g/mol. The number of tetrazole rings is 1. The van der Waals surface area contributed by atoms with E-state index in [2.05, 4.69) is 62.2 Å². The van der Waals surface area contributed by atoms with Crippen LogP contribution in [-0.2, 0) is 11.2 Å². The second-order valence-electron chi connectivity index (χ2n) is 8.41. The van der Waals surface area contributed by atoms with Gasteiger partial charge in [0, 0.05) is 23.7 Å². The highest BCUT2D eigenvalue weighted by molar-refractivity contribution is 5.90. The van der Waals surface area contributed by atoms with Crippen LogP contribution in [0.3, 0.4) is 0 Å². The van der Waals surface area contributed by atoms with Crippen molar-refractivity contribution in [3.63, 3.8) is 0 Å². The van der Waals surface area contributed by atoms with E-state index in [0.29, 0.717) is 23.7 Å². The number of hydrogen-bond acceptors (Lipinski definition) is 6. The fourth-order valence-corrected chi connectivity index (χ4v) is 4.48. The molecule has 1 aliphatic heterocycles. The lowest BCUT2D eigenvalue weighted by Gasteiger charge is -2.25. The maximum Gasteiger partial charge on any atom is 0.335 e. The van der Waals surface area contributed by atoms with Gasteiger partial charge in [0.05, 0.1) is 11.6 Å². The van der Waals surface area contributed by atoms with Crippen LogP contribution in [0.15, 0.2) is 59.8 Å². The van der Waals surface area contributed by atoms with E-state index in [0.717, 1.165) is 53.8 Å². The Bertz CT molecular complexity index is 1140. The van der Waals surface area contributed by atoms with Gasteiger partial charge in [-0.3, -0.25) is 0 Å². The molecule has 2 aliphatic rings. The summed E-state index contributed by atoms with van der Waals surface area (Å²) < 4.78 is 0. The molecule has 0 radical (unpaired) electrons. The standard InChI is InChI=1S/C24H26N6O2/c1-2-13-30-20(21(24(31)32)22(27-30)17-11-12-17)14-15-7-9-16(10-8-15)18-5-3-4-6-19(18)23-25-28-29-26-23/h3-10,17,20,27H,2,11-14H2,1H3,(H,31,32)(H,25,26,28,29). The number of carbonyl (C=O) groups is 1. The molecule has 1 saturated carbocycles. The highest BCUT2D eigenvalue weighted by atomic mass is 16.4. The van der Waals surface area contributed by atoms with Crippen LogP contribution >= 0.6 is 0 Å². The highest BCUT2D eigenvalue weighted by Gasteiger charge is 2.42. The average molecular weight is 431 g/mol. The van der Waals surface area contributed by atoms with E-state index in [4.69, 9.17) is 0 Å². The van der Waals surface area contributed by atoms with Gasteiger partial charge in [0.25, 0.3) is 0 Å². The van der Waals surface area contributed by atoms with Gasteiger partial charge in [0.15, 0.2) is 0 Å². The van der Waals surface area contributed by atoms with Gasteiger partial charge >= 0.3 is 5.97 Å². The zero-order chi connectivity index (χ0) is 22.1. The monoisotopic (exact) mass is 430 g/mol. The maximum atomic E-state index is 12.1. The van der Waals surface area contributed by atoms with Gasteiger partial charge in [-0.25, -0.2) is 9.80 Å². The SMILES string of the molecule is CCCN1NC(C2CC2)=C(C(=O)O)C1Cc1ccc(-c2ccccc2-c2nn[nH]n2)cc1. The molecule has 1 aromatic heterocycles. The van der Waals surface area contributed by atoms with Gasteiger partial charge in [0.2, 0.25) is 5.82 Å². The quantitative estimate of drug-likeness (QED) is 0.503. The van der Waals surface area contributed by atoms with E-state index in [1.807, 2.05) is 24.3 Å². The first kappa shape index (κ1) is 20.4. The topological polar surface area (TPSA) is 107 Å². The minimum Gasteiger partial charge on any atom is -0.478 e. The van der Waals surface area contributed by atoms with Gasteiger partial charge in [-0.1, -0.05) is 55.5 Å². The summed E-state index contributed by atoms with van der Waals surface area (Å²) in [6.45, 7) is 2.93. The molecule has 3 aromatic rings. The van der Waals surface area contributed by atoms with Crippen molar-refractivity contribution in [2.75, 3.05) is 6.54 Å². The number of benzene rings is 2. The number of H-pyrrole nitrogens is 1. The number of carboxylic acids is 1. The van der Waals surface area contributed by atoms with Gasteiger partial charge in [0.1, 0.15) is 0 Å². The van der Waals surface area contributed by atoms with Crippen LogP contribution in [0.4, 0.5) is 0 Å². The van der Waals surface area contributed by atoms with E-state index in [-0.39, 0.29) is 6.04 Å². The lowest BCUT2D eigenvalue weighted by molar-refractivity contribution is -0.133. The molecule has 3 N–H and O–H groups in total. The minimum atomic E-state index is -0.811. The number of nitrogens with one attached hydrogen (secondary N) is 2. The molecule has 8 heteroatoms. The highest BCUT2D eigenvalue weighted by Crippen LogP contribution is 2.41. The molecule has 5 rings (SSSR count). The number of aromatic amines is 1. The third-order valence-corrected chi connectivity index (χ3v) is 6.15. The van der Waals surface area contributed by atoms with Crippen LogP contribution in [-0.4, -0.2) is 49.3 Å². The molecule has 2 heterocycles. The Morgan fingerprint density at radius 1 is 1.12 bits per heavy atom. The summed E-state index contributed by atoms with van der Waals surface area (Å²) in [4.78, 5) is 12.1. The zero-order valence-corrected chi connectivity index (χ0v) is 18.0. The smallest absolute Gasteiger partial charge is 0.335 e. The Kier molecular flexibility index (Phi) is 5.45. The van der Waals surface area contributed by atoms with Gasteiger partial charge < -0.3 is 10.5 Å². The Labute approximate surface area is 186 Å². The first-order valence-electron chi connectivity index (χ1n) is 11.1. The van der Waals surface area contributed by atoms with Crippen molar-refractivity contribution >= 4 is 5.97 Å². The van der Waals surface area contributed by atoms with Crippen molar-refractivity contribution < 1.29 is 9.90 Å². The molecular formula is C24H26N6O2. The summed E-state index contributed by atoms with van der Waals surface area (Å²) in [6, 6.07) is 16.1. The summed E-state index contributed by atoms with van der Waals surface area (Å²) in [5.41, 5.74) is 8.97. The molecule has 0 amide bonds. The maximum absolute atomic E-state index is 12.1.